The smallest absolute Gasteiger partial charge is 0.261 e. The summed E-state index contributed by atoms with van der Waals surface area (Å²) in [5.74, 6) is 0.00686. The van der Waals surface area contributed by atoms with Gasteiger partial charge < -0.3 is 21.5 Å². The van der Waals surface area contributed by atoms with Crippen molar-refractivity contribution in [3.05, 3.63) is 4.88 Å². The Hall–Kier alpha value is -1.43. The van der Waals surface area contributed by atoms with Gasteiger partial charge in [0, 0.05) is 6.04 Å². The van der Waals surface area contributed by atoms with Gasteiger partial charge in [0.25, 0.3) is 5.91 Å². The number of hydrogen-bond acceptors (Lipinski definition) is 5. The third-order valence-electron chi connectivity index (χ3n) is 2.47. The van der Waals surface area contributed by atoms with Gasteiger partial charge in [-0.2, -0.15) is 0 Å². The number of anilines is 2. The van der Waals surface area contributed by atoms with Crippen LogP contribution in [-0.2, 0) is 0 Å². The van der Waals surface area contributed by atoms with Crippen molar-refractivity contribution in [2.75, 3.05) is 11.1 Å². The Labute approximate surface area is 111 Å². The largest absolute Gasteiger partial charge is 0.486 e. The summed E-state index contributed by atoms with van der Waals surface area (Å²) in [6.45, 7) is 7.95. The highest BCUT2D eigenvalue weighted by Crippen LogP contribution is 2.43. The van der Waals surface area contributed by atoms with Crippen molar-refractivity contribution in [3.8, 4) is 5.75 Å². The summed E-state index contributed by atoms with van der Waals surface area (Å²) in [5.41, 5.74) is 11.5. The van der Waals surface area contributed by atoms with E-state index in [1.54, 1.807) is 0 Å². The fourth-order valence-electron chi connectivity index (χ4n) is 1.39. The zero-order valence-corrected chi connectivity index (χ0v) is 12.1. The quantitative estimate of drug-likeness (QED) is 0.741. The average Bonchev–Trinajstić information content (AvgIpc) is 2.57. The molecule has 1 aromatic heterocycles. The second kappa shape index (κ2) is 5.95. The monoisotopic (exact) mass is 271 g/mol. The van der Waals surface area contributed by atoms with E-state index in [1.807, 2.05) is 13.8 Å². The molecule has 1 rings (SSSR count). The zero-order chi connectivity index (χ0) is 13.9. The molecular weight excluding hydrogens is 250 g/mol. The first-order valence-electron chi connectivity index (χ1n) is 6.02. The summed E-state index contributed by atoms with van der Waals surface area (Å²) in [4.78, 5) is 11.6. The van der Waals surface area contributed by atoms with E-state index in [-0.39, 0.29) is 12.1 Å². The van der Waals surface area contributed by atoms with Crippen LogP contribution in [0.3, 0.4) is 0 Å². The van der Waals surface area contributed by atoms with Crippen molar-refractivity contribution >= 4 is 27.9 Å². The SMILES string of the molecule is CCC(C)Nc1sc(C(N)=O)c(N)c1OC(C)C. The number of nitrogen functional groups attached to an aromatic ring is 1. The van der Waals surface area contributed by atoms with Crippen molar-refractivity contribution in [1.82, 2.24) is 0 Å². The Morgan fingerprint density at radius 3 is 2.50 bits per heavy atom. The van der Waals surface area contributed by atoms with E-state index < -0.39 is 5.91 Å². The summed E-state index contributed by atoms with van der Waals surface area (Å²) < 4.78 is 5.67. The van der Waals surface area contributed by atoms with Crippen LogP contribution in [0.2, 0.25) is 0 Å². The van der Waals surface area contributed by atoms with Crippen LogP contribution in [0.1, 0.15) is 43.8 Å². The number of ether oxygens (including phenoxy) is 1. The minimum atomic E-state index is -0.525. The van der Waals surface area contributed by atoms with Gasteiger partial charge in [-0.15, -0.1) is 11.3 Å². The van der Waals surface area contributed by atoms with Crippen LogP contribution >= 0.6 is 11.3 Å². The molecule has 0 aromatic carbocycles. The third kappa shape index (κ3) is 3.29. The van der Waals surface area contributed by atoms with Crippen molar-refractivity contribution < 1.29 is 9.53 Å². The van der Waals surface area contributed by atoms with Crippen LogP contribution in [0.5, 0.6) is 5.75 Å². The van der Waals surface area contributed by atoms with E-state index >= 15 is 0 Å². The van der Waals surface area contributed by atoms with Crippen LogP contribution in [0, 0.1) is 0 Å². The molecule has 0 aliphatic carbocycles. The van der Waals surface area contributed by atoms with Crippen molar-refractivity contribution in [1.29, 1.82) is 0 Å². The van der Waals surface area contributed by atoms with E-state index in [0.29, 0.717) is 16.3 Å². The number of carbonyl (C=O) groups is 1. The number of nitrogens with one attached hydrogen (secondary N) is 1. The Bertz CT molecular complexity index is 429. The van der Waals surface area contributed by atoms with E-state index in [0.717, 1.165) is 11.4 Å². The van der Waals surface area contributed by atoms with Crippen molar-refractivity contribution in [2.45, 2.75) is 46.3 Å². The fraction of sp³-hybridized carbons (Fsp3) is 0.583. The number of rotatable bonds is 6. The van der Waals surface area contributed by atoms with E-state index in [1.165, 1.54) is 11.3 Å². The number of thiophene rings is 1. The van der Waals surface area contributed by atoms with Gasteiger partial charge in [0.05, 0.1) is 6.10 Å². The predicted octanol–water partition coefficient (Wildman–Crippen LogP) is 2.43. The second-order valence-electron chi connectivity index (χ2n) is 4.49. The van der Waals surface area contributed by atoms with Gasteiger partial charge in [-0.3, -0.25) is 4.79 Å². The van der Waals surface area contributed by atoms with E-state index in [2.05, 4.69) is 19.2 Å². The Kier molecular flexibility index (Phi) is 4.84. The molecule has 5 nitrogen and oxygen atoms in total. The first kappa shape index (κ1) is 14.6. The number of amides is 1. The summed E-state index contributed by atoms with van der Waals surface area (Å²) in [6.07, 6.45) is 0.949. The molecule has 0 spiro atoms. The Morgan fingerprint density at radius 2 is 2.06 bits per heavy atom. The molecule has 5 N–H and O–H groups in total. The highest BCUT2D eigenvalue weighted by Gasteiger charge is 2.22. The lowest BCUT2D eigenvalue weighted by atomic mass is 10.2. The van der Waals surface area contributed by atoms with Crippen LogP contribution < -0.4 is 21.5 Å². The first-order chi connectivity index (χ1) is 8.36. The van der Waals surface area contributed by atoms with Crippen molar-refractivity contribution in [2.24, 2.45) is 5.73 Å². The molecule has 0 bridgehead atoms. The highest BCUT2D eigenvalue weighted by molar-refractivity contribution is 7.19. The molecule has 1 atom stereocenters. The molecule has 6 heteroatoms. The molecule has 0 aliphatic rings. The van der Waals surface area contributed by atoms with Gasteiger partial charge in [-0.1, -0.05) is 6.92 Å². The molecule has 1 aromatic rings. The lowest BCUT2D eigenvalue weighted by Crippen LogP contribution is -2.14. The topological polar surface area (TPSA) is 90.4 Å². The van der Waals surface area contributed by atoms with E-state index in [9.17, 15) is 4.79 Å². The molecule has 1 unspecified atom stereocenters. The summed E-state index contributed by atoms with van der Waals surface area (Å²) in [7, 11) is 0. The summed E-state index contributed by atoms with van der Waals surface area (Å²) >= 11 is 1.24. The summed E-state index contributed by atoms with van der Waals surface area (Å²) in [6, 6.07) is 0.276. The molecule has 0 saturated heterocycles. The van der Waals surface area contributed by atoms with Crippen LogP contribution in [0.4, 0.5) is 10.7 Å². The molecule has 0 fully saturated rings. The Morgan fingerprint density at radius 1 is 1.44 bits per heavy atom. The minimum Gasteiger partial charge on any atom is -0.486 e. The maximum Gasteiger partial charge on any atom is 0.261 e. The highest BCUT2D eigenvalue weighted by atomic mass is 32.1. The van der Waals surface area contributed by atoms with Gasteiger partial charge in [0.1, 0.15) is 15.6 Å². The number of hydrogen-bond donors (Lipinski definition) is 3. The van der Waals surface area contributed by atoms with Crippen molar-refractivity contribution in [3.63, 3.8) is 0 Å². The molecule has 1 amide bonds. The molecule has 0 aliphatic heterocycles. The van der Waals surface area contributed by atoms with Crippen LogP contribution in [0.25, 0.3) is 0 Å². The third-order valence-corrected chi connectivity index (χ3v) is 3.60. The number of carbonyl (C=O) groups excluding carboxylic acids is 1. The van der Waals surface area contributed by atoms with Gasteiger partial charge in [-0.05, 0) is 27.2 Å². The minimum absolute atomic E-state index is 0.0138. The standard InChI is InChI=1S/C12H21N3O2S/c1-5-7(4)15-12-9(17-6(2)3)8(13)10(18-12)11(14)16/h6-7,15H,5,13H2,1-4H3,(H2,14,16). The average molecular weight is 271 g/mol. The molecule has 102 valence electrons. The maximum absolute atomic E-state index is 11.3. The van der Waals surface area contributed by atoms with Crippen LogP contribution in [-0.4, -0.2) is 18.1 Å². The van der Waals surface area contributed by atoms with Crippen LogP contribution in [0.15, 0.2) is 0 Å². The number of primary amides is 1. The maximum atomic E-state index is 11.3. The lowest BCUT2D eigenvalue weighted by molar-refractivity contribution is 0.100. The summed E-state index contributed by atoms with van der Waals surface area (Å²) in [5, 5.41) is 4.06. The molecule has 18 heavy (non-hydrogen) atoms. The predicted molar refractivity (Wildman–Crippen MR) is 76.4 cm³/mol. The second-order valence-corrected chi connectivity index (χ2v) is 5.51. The zero-order valence-electron chi connectivity index (χ0n) is 11.2. The molecule has 0 saturated carbocycles. The fourth-order valence-corrected chi connectivity index (χ4v) is 2.40. The van der Waals surface area contributed by atoms with Gasteiger partial charge in [0.15, 0.2) is 5.75 Å². The number of nitrogens with two attached hydrogens (primary N) is 2. The normalized spacial score (nSPS) is 12.5. The van der Waals surface area contributed by atoms with Gasteiger partial charge >= 0.3 is 0 Å². The van der Waals surface area contributed by atoms with Gasteiger partial charge in [0.2, 0.25) is 0 Å². The molecule has 0 radical (unpaired) electrons. The van der Waals surface area contributed by atoms with Gasteiger partial charge in [-0.25, -0.2) is 0 Å². The first-order valence-corrected chi connectivity index (χ1v) is 6.83. The molecule has 1 heterocycles. The van der Waals surface area contributed by atoms with E-state index in [4.69, 9.17) is 16.2 Å². The molecular formula is C12H21N3O2S. The lowest BCUT2D eigenvalue weighted by Gasteiger charge is -2.15. The Balaban J connectivity index is 3.13.